The zero-order valence-corrected chi connectivity index (χ0v) is 16.7. The first-order chi connectivity index (χ1) is 14.6. The molecule has 1 heterocycles. The number of aromatic nitrogens is 2. The molecule has 1 aliphatic carbocycles. The molecule has 4 rings (SSSR count). The number of carbonyl (C=O) groups is 2. The fourth-order valence-corrected chi connectivity index (χ4v) is 2.97. The lowest BCUT2D eigenvalue weighted by molar-refractivity contribution is -0.117. The third kappa shape index (κ3) is 4.43. The Hall–Kier alpha value is -3.81. The quantitative estimate of drug-likeness (QED) is 0.626. The number of carbonyl (C=O) groups excluding carboxylic acids is 2. The number of hydrogen-bond donors (Lipinski definition) is 2. The van der Waals surface area contributed by atoms with E-state index in [1.807, 2.05) is 12.1 Å². The van der Waals surface area contributed by atoms with Crippen molar-refractivity contribution in [3.63, 3.8) is 0 Å². The summed E-state index contributed by atoms with van der Waals surface area (Å²) in [7, 11) is 3.11. The van der Waals surface area contributed by atoms with Gasteiger partial charge in [-0.15, -0.1) is 0 Å². The third-order valence-corrected chi connectivity index (χ3v) is 4.82. The van der Waals surface area contributed by atoms with Gasteiger partial charge in [0, 0.05) is 41.1 Å². The highest BCUT2D eigenvalue weighted by atomic mass is 16.5. The fourth-order valence-electron chi connectivity index (χ4n) is 2.97. The Morgan fingerprint density at radius 3 is 2.27 bits per heavy atom. The second-order valence-corrected chi connectivity index (χ2v) is 7.03. The minimum atomic E-state index is -0.250. The standard InChI is InChI=1S/C22H22N4O4/c1-29-18-9-16(10-19(11-18)30-2)24-21(27)15-5-7-17(8-6-15)26-12-20(23-13-26)25-22(28)14-3-4-14/h5-14H,3-4H2,1-2H3,(H,24,27)(H,25,28). The molecular formula is C22H22N4O4. The molecule has 2 aromatic carbocycles. The number of benzene rings is 2. The van der Waals surface area contributed by atoms with E-state index in [2.05, 4.69) is 15.6 Å². The van der Waals surface area contributed by atoms with Gasteiger partial charge in [-0.25, -0.2) is 4.98 Å². The number of imidazole rings is 1. The summed E-state index contributed by atoms with van der Waals surface area (Å²) in [4.78, 5) is 28.7. The molecule has 1 aromatic heterocycles. The number of nitrogens with one attached hydrogen (secondary N) is 2. The van der Waals surface area contributed by atoms with E-state index >= 15 is 0 Å². The first-order valence-corrected chi connectivity index (χ1v) is 9.55. The molecule has 8 heteroatoms. The van der Waals surface area contributed by atoms with Crippen molar-refractivity contribution in [2.24, 2.45) is 5.92 Å². The van der Waals surface area contributed by atoms with Crippen molar-refractivity contribution in [2.45, 2.75) is 12.8 Å². The molecule has 0 aliphatic heterocycles. The SMILES string of the molecule is COc1cc(NC(=O)c2ccc(-n3cnc(NC(=O)C4CC4)c3)cc2)cc(OC)c1. The van der Waals surface area contributed by atoms with Crippen LogP contribution in [0, 0.1) is 5.92 Å². The van der Waals surface area contributed by atoms with E-state index in [-0.39, 0.29) is 17.7 Å². The van der Waals surface area contributed by atoms with Crippen LogP contribution in [0.5, 0.6) is 11.5 Å². The van der Waals surface area contributed by atoms with Crippen molar-refractivity contribution in [1.29, 1.82) is 0 Å². The molecule has 0 bridgehead atoms. The number of hydrogen-bond acceptors (Lipinski definition) is 5. The van der Waals surface area contributed by atoms with Crippen molar-refractivity contribution in [2.75, 3.05) is 24.9 Å². The molecule has 0 radical (unpaired) electrons. The second kappa shape index (κ2) is 8.28. The van der Waals surface area contributed by atoms with Crippen LogP contribution in [0.1, 0.15) is 23.2 Å². The highest BCUT2D eigenvalue weighted by molar-refractivity contribution is 6.04. The van der Waals surface area contributed by atoms with Gasteiger partial charge < -0.3 is 24.7 Å². The van der Waals surface area contributed by atoms with Crippen LogP contribution in [-0.4, -0.2) is 35.6 Å². The number of nitrogens with zero attached hydrogens (tertiary/aromatic N) is 2. The van der Waals surface area contributed by atoms with Crippen molar-refractivity contribution in [3.05, 3.63) is 60.6 Å². The van der Waals surface area contributed by atoms with Crippen LogP contribution in [-0.2, 0) is 4.79 Å². The number of ether oxygens (including phenoxy) is 2. The van der Waals surface area contributed by atoms with E-state index in [0.717, 1.165) is 18.5 Å². The van der Waals surface area contributed by atoms with Crippen LogP contribution in [0.3, 0.4) is 0 Å². The average molecular weight is 406 g/mol. The van der Waals surface area contributed by atoms with E-state index in [1.165, 1.54) is 0 Å². The maximum absolute atomic E-state index is 12.6. The van der Waals surface area contributed by atoms with Crippen LogP contribution >= 0.6 is 0 Å². The molecule has 1 aliphatic rings. The number of rotatable bonds is 7. The van der Waals surface area contributed by atoms with Crippen LogP contribution in [0.4, 0.5) is 11.5 Å². The first kappa shape index (κ1) is 19.5. The molecule has 1 fully saturated rings. The minimum absolute atomic E-state index is 0.0152. The number of methoxy groups -OCH3 is 2. The molecule has 0 unspecified atom stereocenters. The third-order valence-electron chi connectivity index (χ3n) is 4.82. The van der Waals surface area contributed by atoms with Gasteiger partial charge in [0.1, 0.15) is 17.8 Å². The summed E-state index contributed by atoms with van der Waals surface area (Å²) in [5.41, 5.74) is 1.91. The van der Waals surface area contributed by atoms with Gasteiger partial charge in [0.2, 0.25) is 5.91 Å². The largest absolute Gasteiger partial charge is 0.497 e. The maximum atomic E-state index is 12.6. The monoisotopic (exact) mass is 406 g/mol. The molecule has 2 N–H and O–H groups in total. The van der Waals surface area contributed by atoms with Gasteiger partial charge in [0.05, 0.1) is 20.4 Å². The summed E-state index contributed by atoms with van der Waals surface area (Å²) >= 11 is 0. The average Bonchev–Trinajstić information content (AvgIpc) is 3.53. The second-order valence-electron chi connectivity index (χ2n) is 7.03. The number of amides is 2. The normalized spacial score (nSPS) is 12.9. The zero-order chi connectivity index (χ0) is 21.1. The molecule has 2 amide bonds. The lowest BCUT2D eigenvalue weighted by atomic mass is 10.2. The van der Waals surface area contributed by atoms with Gasteiger partial charge in [-0.1, -0.05) is 0 Å². The molecule has 0 spiro atoms. The van der Waals surface area contributed by atoms with Gasteiger partial charge in [-0.2, -0.15) is 0 Å². The first-order valence-electron chi connectivity index (χ1n) is 9.55. The molecule has 30 heavy (non-hydrogen) atoms. The van der Waals surface area contributed by atoms with Gasteiger partial charge in [-0.3, -0.25) is 9.59 Å². The molecule has 1 saturated carbocycles. The van der Waals surface area contributed by atoms with E-state index in [9.17, 15) is 9.59 Å². The molecule has 0 saturated heterocycles. The minimum Gasteiger partial charge on any atom is -0.497 e. The molecule has 3 aromatic rings. The lowest BCUT2D eigenvalue weighted by Crippen LogP contribution is -2.13. The fraction of sp³-hybridized carbons (Fsp3) is 0.227. The highest BCUT2D eigenvalue weighted by Crippen LogP contribution is 2.30. The van der Waals surface area contributed by atoms with E-state index in [0.29, 0.717) is 28.6 Å². The Morgan fingerprint density at radius 2 is 1.67 bits per heavy atom. The van der Waals surface area contributed by atoms with Gasteiger partial charge in [-0.05, 0) is 37.1 Å². The Morgan fingerprint density at radius 1 is 1.00 bits per heavy atom. The van der Waals surface area contributed by atoms with E-state index in [4.69, 9.17) is 9.47 Å². The Balaban J connectivity index is 1.44. The molecular weight excluding hydrogens is 384 g/mol. The Bertz CT molecular complexity index is 1050. The summed E-state index contributed by atoms with van der Waals surface area (Å²) in [5.74, 6) is 1.58. The van der Waals surface area contributed by atoms with Crippen molar-refractivity contribution in [1.82, 2.24) is 9.55 Å². The van der Waals surface area contributed by atoms with Crippen LogP contribution in [0.25, 0.3) is 5.69 Å². The van der Waals surface area contributed by atoms with Gasteiger partial charge in [0.15, 0.2) is 5.82 Å². The summed E-state index contributed by atoms with van der Waals surface area (Å²) in [6.45, 7) is 0. The van der Waals surface area contributed by atoms with Crippen molar-refractivity contribution < 1.29 is 19.1 Å². The van der Waals surface area contributed by atoms with Gasteiger partial charge in [0.25, 0.3) is 5.91 Å². The predicted molar refractivity (Wildman–Crippen MR) is 112 cm³/mol. The molecule has 8 nitrogen and oxygen atoms in total. The van der Waals surface area contributed by atoms with Crippen molar-refractivity contribution >= 4 is 23.3 Å². The van der Waals surface area contributed by atoms with E-state index in [1.54, 1.807) is 61.6 Å². The highest BCUT2D eigenvalue weighted by Gasteiger charge is 2.29. The summed E-state index contributed by atoms with van der Waals surface area (Å²) in [5, 5.41) is 5.66. The number of anilines is 2. The smallest absolute Gasteiger partial charge is 0.255 e. The molecule has 0 atom stereocenters. The van der Waals surface area contributed by atoms with Crippen LogP contribution in [0.2, 0.25) is 0 Å². The summed E-state index contributed by atoms with van der Waals surface area (Å²) in [6, 6.07) is 12.3. The Kier molecular flexibility index (Phi) is 5.38. The summed E-state index contributed by atoms with van der Waals surface area (Å²) in [6.07, 6.45) is 5.26. The Labute approximate surface area is 173 Å². The van der Waals surface area contributed by atoms with E-state index < -0.39 is 0 Å². The predicted octanol–water partition coefficient (Wildman–Crippen LogP) is 3.49. The van der Waals surface area contributed by atoms with Crippen LogP contribution in [0.15, 0.2) is 55.0 Å². The van der Waals surface area contributed by atoms with Crippen LogP contribution < -0.4 is 20.1 Å². The molecule has 154 valence electrons. The summed E-state index contributed by atoms with van der Waals surface area (Å²) < 4.78 is 12.2. The van der Waals surface area contributed by atoms with Gasteiger partial charge >= 0.3 is 0 Å². The van der Waals surface area contributed by atoms with Crippen molar-refractivity contribution in [3.8, 4) is 17.2 Å². The maximum Gasteiger partial charge on any atom is 0.255 e. The lowest BCUT2D eigenvalue weighted by Gasteiger charge is -2.10. The zero-order valence-electron chi connectivity index (χ0n) is 16.7. The topological polar surface area (TPSA) is 94.5 Å².